The molecule has 2 aromatic rings. The predicted molar refractivity (Wildman–Crippen MR) is 101 cm³/mol. The van der Waals surface area contributed by atoms with Gasteiger partial charge in [-0.3, -0.25) is 9.59 Å². The molecule has 2 fully saturated rings. The Hall–Kier alpha value is -1.95. The van der Waals surface area contributed by atoms with Crippen molar-refractivity contribution in [3.63, 3.8) is 0 Å². The summed E-state index contributed by atoms with van der Waals surface area (Å²) in [5, 5.41) is 3.91. The number of aromatic nitrogens is 1. The van der Waals surface area contributed by atoms with Gasteiger partial charge in [0, 0.05) is 12.0 Å². The maximum atomic E-state index is 12.8. The molecular formula is C20H24N2O3S. The smallest absolute Gasteiger partial charge is 0.310 e. The molecule has 0 saturated heterocycles. The summed E-state index contributed by atoms with van der Waals surface area (Å²) in [5.41, 5.74) is 0.988. The summed E-state index contributed by atoms with van der Waals surface area (Å²) in [7, 11) is 0. The van der Waals surface area contributed by atoms with E-state index < -0.39 is 6.10 Å². The van der Waals surface area contributed by atoms with Gasteiger partial charge in [-0.25, -0.2) is 4.98 Å². The highest BCUT2D eigenvalue weighted by molar-refractivity contribution is 7.18. The van der Waals surface area contributed by atoms with E-state index in [0.29, 0.717) is 0 Å². The normalized spacial score (nSPS) is 24.2. The average Bonchev–Trinajstić information content (AvgIpc) is 3.36. The van der Waals surface area contributed by atoms with E-state index in [1.165, 1.54) is 0 Å². The first-order valence-electron chi connectivity index (χ1n) is 9.48. The monoisotopic (exact) mass is 372 g/mol. The molecule has 1 aromatic heterocycles. The van der Waals surface area contributed by atoms with Crippen LogP contribution in [0.4, 0.5) is 0 Å². The van der Waals surface area contributed by atoms with Crippen LogP contribution in [0, 0.1) is 5.92 Å². The van der Waals surface area contributed by atoms with Crippen LogP contribution in [0.1, 0.15) is 56.4 Å². The van der Waals surface area contributed by atoms with E-state index in [2.05, 4.69) is 11.4 Å². The molecule has 0 radical (unpaired) electrons. The molecule has 1 amide bonds. The number of nitrogens with one attached hydrogen (secondary N) is 1. The predicted octanol–water partition coefficient (Wildman–Crippen LogP) is 3.78. The fraction of sp³-hybridized carbons (Fsp3) is 0.550. The quantitative estimate of drug-likeness (QED) is 0.811. The van der Waals surface area contributed by atoms with Crippen molar-refractivity contribution in [1.29, 1.82) is 0 Å². The topological polar surface area (TPSA) is 68.3 Å². The molecule has 4 rings (SSSR count). The first-order valence-corrected chi connectivity index (χ1v) is 10.3. The molecule has 0 aliphatic heterocycles. The molecule has 0 unspecified atom stereocenters. The SMILES string of the molecule is C[C@@H](OC(=O)[C@H]1CCCC[C@@H]1c1nc2ccccc2s1)C(=O)NC1CC1. The molecule has 1 heterocycles. The molecule has 3 atom stereocenters. The number of para-hydroxylation sites is 1. The Morgan fingerprint density at radius 2 is 1.96 bits per heavy atom. The summed E-state index contributed by atoms with van der Waals surface area (Å²) >= 11 is 1.67. The van der Waals surface area contributed by atoms with Gasteiger partial charge in [-0.1, -0.05) is 25.0 Å². The Morgan fingerprint density at radius 1 is 1.19 bits per heavy atom. The van der Waals surface area contributed by atoms with Gasteiger partial charge >= 0.3 is 5.97 Å². The van der Waals surface area contributed by atoms with E-state index in [0.717, 1.165) is 53.7 Å². The van der Waals surface area contributed by atoms with E-state index in [1.807, 2.05) is 18.2 Å². The zero-order valence-corrected chi connectivity index (χ0v) is 15.8. The second-order valence-corrected chi connectivity index (χ2v) is 8.44. The van der Waals surface area contributed by atoms with Gasteiger partial charge in [0.15, 0.2) is 6.10 Å². The van der Waals surface area contributed by atoms with Gasteiger partial charge in [-0.05, 0) is 44.7 Å². The van der Waals surface area contributed by atoms with Gasteiger partial charge in [0.2, 0.25) is 0 Å². The van der Waals surface area contributed by atoms with E-state index in [9.17, 15) is 9.59 Å². The minimum atomic E-state index is -0.735. The van der Waals surface area contributed by atoms with Crippen LogP contribution < -0.4 is 5.32 Å². The van der Waals surface area contributed by atoms with Crippen molar-refractivity contribution in [1.82, 2.24) is 10.3 Å². The van der Waals surface area contributed by atoms with Gasteiger partial charge in [0.25, 0.3) is 5.91 Å². The molecule has 1 aromatic carbocycles. The van der Waals surface area contributed by atoms with Crippen LogP contribution >= 0.6 is 11.3 Å². The highest BCUT2D eigenvalue weighted by Gasteiger charge is 2.37. The third-order valence-corrected chi connectivity index (χ3v) is 6.45. The van der Waals surface area contributed by atoms with E-state index in [-0.39, 0.29) is 29.8 Å². The zero-order chi connectivity index (χ0) is 18.1. The zero-order valence-electron chi connectivity index (χ0n) is 14.9. The fourth-order valence-electron chi connectivity index (χ4n) is 3.62. The molecule has 2 saturated carbocycles. The minimum Gasteiger partial charge on any atom is -0.452 e. The number of esters is 1. The lowest BCUT2D eigenvalue weighted by Crippen LogP contribution is -2.39. The van der Waals surface area contributed by atoms with Gasteiger partial charge in [-0.15, -0.1) is 11.3 Å². The minimum absolute atomic E-state index is 0.0901. The van der Waals surface area contributed by atoms with Crippen LogP contribution in [0.15, 0.2) is 24.3 Å². The van der Waals surface area contributed by atoms with Crippen LogP contribution in [-0.2, 0) is 14.3 Å². The highest BCUT2D eigenvalue weighted by atomic mass is 32.1. The Kier molecular flexibility index (Phi) is 4.94. The molecule has 0 bridgehead atoms. The molecule has 1 N–H and O–H groups in total. The number of nitrogens with zero attached hydrogens (tertiary/aromatic N) is 1. The number of hydrogen-bond donors (Lipinski definition) is 1. The lowest BCUT2D eigenvalue weighted by Gasteiger charge is -2.29. The second kappa shape index (κ2) is 7.35. The maximum Gasteiger partial charge on any atom is 0.310 e. The third-order valence-electron chi connectivity index (χ3n) is 5.28. The van der Waals surface area contributed by atoms with Crippen molar-refractivity contribution in [3.8, 4) is 0 Å². The molecule has 0 spiro atoms. The number of thiazole rings is 1. The van der Waals surface area contributed by atoms with Crippen molar-refractivity contribution in [2.75, 3.05) is 0 Å². The summed E-state index contributed by atoms with van der Waals surface area (Å²) in [6.45, 7) is 1.66. The molecule has 5 nitrogen and oxygen atoms in total. The van der Waals surface area contributed by atoms with Crippen LogP contribution in [0.2, 0.25) is 0 Å². The summed E-state index contributed by atoms with van der Waals surface area (Å²) < 4.78 is 6.68. The van der Waals surface area contributed by atoms with Crippen molar-refractivity contribution in [3.05, 3.63) is 29.3 Å². The van der Waals surface area contributed by atoms with Gasteiger partial charge in [-0.2, -0.15) is 0 Å². The van der Waals surface area contributed by atoms with Crippen molar-refractivity contribution < 1.29 is 14.3 Å². The first kappa shape index (κ1) is 17.5. The van der Waals surface area contributed by atoms with Gasteiger partial charge < -0.3 is 10.1 Å². The summed E-state index contributed by atoms with van der Waals surface area (Å²) in [6, 6.07) is 8.34. The number of benzene rings is 1. The summed E-state index contributed by atoms with van der Waals surface area (Å²) in [6.07, 6.45) is 5.18. The van der Waals surface area contributed by atoms with Crippen LogP contribution in [0.3, 0.4) is 0 Å². The second-order valence-electron chi connectivity index (χ2n) is 7.38. The number of amides is 1. The summed E-state index contributed by atoms with van der Waals surface area (Å²) in [5.74, 6) is -0.562. The maximum absolute atomic E-state index is 12.8. The number of hydrogen-bond acceptors (Lipinski definition) is 5. The molecule has 138 valence electrons. The largest absolute Gasteiger partial charge is 0.452 e. The number of carbonyl (C=O) groups excluding carboxylic acids is 2. The third kappa shape index (κ3) is 3.75. The van der Waals surface area contributed by atoms with Crippen LogP contribution in [-0.4, -0.2) is 29.0 Å². The van der Waals surface area contributed by atoms with E-state index >= 15 is 0 Å². The number of fused-ring (bicyclic) bond motifs is 1. The Labute approximate surface area is 157 Å². The lowest BCUT2D eigenvalue weighted by molar-refractivity contribution is -0.160. The summed E-state index contributed by atoms with van der Waals surface area (Å²) in [4.78, 5) is 29.6. The van der Waals surface area contributed by atoms with E-state index in [4.69, 9.17) is 9.72 Å². The van der Waals surface area contributed by atoms with Crippen LogP contribution in [0.25, 0.3) is 10.2 Å². The van der Waals surface area contributed by atoms with E-state index in [1.54, 1.807) is 18.3 Å². The molecule has 2 aliphatic carbocycles. The lowest BCUT2D eigenvalue weighted by atomic mass is 9.79. The number of rotatable bonds is 5. The van der Waals surface area contributed by atoms with Crippen LogP contribution in [0.5, 0.6) is 0 Å². The first-order chi connectivity index (χ1) is 12.6. The number of ether oxygens (including phenoxy) is 1. The molecule has 6 heteroatoms. The van der Waals surface area contributed by atoms with Crippen molar-refractivity contribution in [2.45, 2.75) is 63.5 Å². The highest BCUT2D eigenvalue weighted by Crippen LogP contribution is 2.41. The molecule has 2 aliphatic rings. The fourth-order valence-corrected chi connectivity index (χ4v) is 4.79. The average molecular weight is 372 g/mol. The Bertz CT molecular complexity index is 781. The van der Waals surface area contributed by atoms with Crippen molar-refractivity contribution in [2.24, 2.45) is 5.92 Å². The van der Waals surface area contributed by atoms with Gasteiger partial charge in [0.05, 0.1) is 21.1 Å². The standard InChI is InChI=1S/C20H24N2O3S/c1-12(18(23)21-13-10-11-13)25-20(24)15-7-3-2-6-14(15)19-22-16-8-4-5-9-17(16)26-19/h4-5,8-9,12-15H,2-3,6-7,10-11H2,1H3,(H,21,23)/t12-,14+,15+/m1/s1. The van der Waals surface area contributed by atoms with Crippen molar-refractivity contribution >= 4 is 33.4 Å². The Morgan fingerprint density at radius 3 is 2.73 bits per heavy atom. The molecule has 26 heavy (non-hydrogen) atoms. The molecular weight excluding hydrogens is 348 g/mol. The Balaban J connectivity index is 1.47. The van der Waals surface area contributed by atoms with Gasteiger partial charge in [0.1, 0.15) is 0 Å². The number of carbonyl (C=O) groups is 2.